The van der Waals surface area contributed by atoms with E-state index in [0.29, 0.717) is 15.8 Å². The average Bonchev–Trinajstić information content (AvgIpc) is 2.92. The van der Waals surface area contributed by atoms with Gasteiger partial charge in [-0.3, -0.25) is 14.5 Å². The SMILES string of the molecule is CCCN1C(=O)C(=C[C@H]2C(=O)Nc3ccccc32)SC1=S. The van der Waals surface area contributed by atoms with Gasteiger partial charge in [-0.05, 0) is 24.1 Å². The van der Waals surface area contributed by atoms with Crippen LogP contribution in [0.25, 0.3) is 0 Å². The molecular formula is C15H14N2O2S2. The van der Waals surface area contributed by atoms with E-state index in [-0.39, 0.29) is 11.8 Å². The van der Waals surface area contributed by atoms with Gasteiger partial charge in [-0.15, -0.1) is 0 Å². The van der Waals surface area contributed by atoms with Crippen molar-refractivity contribution < 1.29 is 9.59 Å². The van der Waals surface area contributed by atoms with Crippen molar-refractivity contribution >= 4 is 45.8 Å². The molecule has 1 aromatic rings. The van der Waals surface area contributed by atoms with Crippen molar-refractivity contribution in [1.82, 2.24) is 4.90 Å². The van der Waals surface area contributed by atoms with E-state index < -0.39 is 5.92 Å². The third-order valence-corrected chi connectivity index (χ3v) is 4.87. The summed E-state index contributed by atoms with van der Waals surface area (Å²) >= 11 is 6.51. The molecule has 0 unspecified atom stereocenters. The maximum absolute atomic E-state index is 12.3. The predicted molar refractivity (Wildman–Crippen MR) is 88.1 cm³/mol. The Bertz CT molecular complexity index is 669. The van der Waals surface area contributed by atoms with E-state index in [9.17, 15) is 9.59 Å². The molecule has 1 atom stereocenters. The van der Waals surface area contributed by atoms with Gasteiger partial charge in [0, 0.05) is 12.2 Å². The molecule has 1 saturated heterocycles. The average molecular weight is 318 g/mol. The number of thioether (sulfide) groups is 1. The summed E-state index contributed by atoms with van der Waals surface area (Å²) < 4.78 is 0.569. The summed E-state index contributed by atoms with van der Waals surface area (Å²) in [6.45, 7) is 2.62. The molecule has 3 rings (SSSR count). The van der Waals surface area contributed by atoms with Crippen LogP contribution in [0.3, 0.4) is 0 Å². The molecule has 0 bridgehead atoms. The number of carbonyl (C=O) groups is 2. The fourth-order valence-corrected chi connectivity index (χ4v) is 3.80. The highest BCUT2D eigenvalue weighted by Crippen LogP contribution is 2.38. The molecule has 0 radical (unpaired) electrons. The molecule has 4 nitrogen and oxygen atoms in total. The van der Waals surface area contributed by atoms with Gasteiger partial charge in [0.15, 0.2) is 0 Å². The monoisotopic (exact) mass is 318 g/mol. The Morgan fingerprint density at radius 1 is 1.38 bits per heavy atom. The molecule has 21 heavy (non-hydrogen) atoms. The first-order valence-electron chi connectivity index (χ1n) is 6.77. The first-order chi connectivity index (χ1) is 10.1. The lowest BCUT2D eigenvalue weighted by atomic mass is 10.0. The Hall–Kier alpha value is -1.66. The molecule has 1 N–H and O–H groups in total. The van der Waals surface area contributed by atoms with Crippen LogP contribution in [0.15, 0.2) is 35.2 Å². The summed E-state index contributed by atoms with van der Waals surface area (Å²) in [5.41, 5.74) is 1.72. The van der Waals surface area contributed by atoms with Crippen LogP contribution in [0.4, 0.5) is 5.69 Å². The van der Waals surface area contributed by atoms with Gasteiger partial charge in [0.05, 0.1) is 10.8 Å². The topological polar surface area (TPSA) is 49.4 Å². The molecule has 2 amide bonds. The summed E-state index contributed by atoms with van der Waals surface area (Å²) in [7, 11) is 0. The van der Waals surface area contributed by atoms with Crippen LogP contribution in [0, 0.1) is 0 Å². The zero-order valence-electron chi connectivity index (χ0n) is 11.5. The van der Waals surface area contributed by atoms with E-state index in [2.05, 4.69) is 5.32 Å². The van der Waals surface area contributed by atoms with Gasteiger partial charge >= 0.3 is 0 Å². The fourth-order valence-electron chi connectivity index (χ4n) is 2.48. The van der Waals surface area contributed by atoms with Crippen molar-refractivity contribution in [2.24, 2.45) is 0 Å². The molecule has 0 aromatic heterocycles. The number of fused-ring (bicyclic) bond motifs is 1. The number of nitrogens with zero attached hydrogens (tertiary/aromatic N) is 1. The number of rotatable bonds is 3. The van der Waals surface area contributed by atoms with Crippen molar-refractivity contribution in [3.8, 4) is 0 Å². The second kappa shape index (κ2) is 5.61. The number of carbonyl (C=O) groups excluding carboxylic acids is 2. The normalized spacial score (nSPS) is 22.9. The van der Waals surface area contributed by atoms with E-state index in [1.807, 2.05) is 31.2 Å². The van der Waals surface area contributed by atoms with Crippen molar-refractivity contribution in [3.63, 3.8) is 0 Å². The van der Waals surface area contributed by atoms with Crippen LogP contribution in [0.5, 0.6) is 0 Å². The Morgan fingerprint density at radius 3 is 2.90 bits per heavy atom. The quantitative estimate of drug-likeness (QED) is 0.688. The lowest BCUT2D eigenvalue weighted by Crippen LogP contribution is -2.28. The van der Waals surface area contributed by atoms with Crippen LogP contribution >= 0.6 is 24.0 Å². The number of anilines is 1. The van der Waals surface area contributed by atoms with Gasteiger partial charge in [0.1, 0.15) is 4.32 Å². The van der Waals surface area contributed by atoms with Crippen LogP contribution in [-0.4, -0.2) is 27.6 Å². The summed E-state index contributed by atoms with van der Waals surface area (Å²) in [4.78, 5) is 26.6. The van der Waals surface area contributed by atoms with Crippen LogP contribution in [0.1, 0.15) is 24.8 Å². The lowest BCUT2D eigenvalue weighted by molar-refractivity contribution is -0.122. The summed E-state index contributed by atoms with van der Waals surface area (Å²) in [5, 5.41) is 2.83. The second-order valence-electron chi connectivity index (χ2n) is 4.91. The molecule has 2 aliphatic heterocycles. The standard InChI is InChI=1S/C15H14N2O2S2/c1-2-7-17-14(19)12(21-15(17)20)8-10-9-5-3-4-6-11(9)16-13(10)18/h3-6,8,10H,2,7H2,1H3,(H,16,18)/t10-/m1/s1. The van der Waals surface area contributed by atoms with Crippen molar-refractivity contribution in [3.05, 3.63) is 40.8 Å². The Kier molecular flexibility index (Phi) is 3.82. The molecule has 0 aliphatic carbocycles. The first-order valence-corrected chi connectivity index (χ1v) is 7.99. The molecule has 2 aliphatic rings. The highest BCUT2D eigenvalue weighted by Gasteiger charge is 2.35. The minimum absolute atomic E-state index is 0.0935. The van der Waals surface area contributed by atoms with Crippen LogP contribution < -0.4 is 5.32 Å². The molecule has 108 valence electrons. The van der Waals surface area contributed by atoms with Gasteiger partial charge < -0.3 is 5.32 Å². The summed E-state index contributed by atoms with van der Waals surface area (Å²) in [5.74, 6) is -0.613. The maximum atomic E-state index is 12.3. The molecule has 6 heteroatoms. The van der Waals surface area contributed by atoms with Crippen molar-refractivity contribution in [2.45, 2.75) is 19.3 Å². The smallest absolute Gasteiger partial charge is 0.265 e. The van der Waals surface area contributed by atoms with E-state index >= 15 is 0 Å². The summed E-state index contributed by atoms with van der Waals surface area (Å²) in [6, 6.07) is 7.54. The largest absolute Gasteiger partial charge is 0.325 e. The molecule has 0 spiro atoms. The molecule has 1 fully saturated rings. The zero-order chi connectivity index (χ0) is 15.0. The van der Waals surface area contributed by atoms with Crippen LogP contribution in [0.2, 0.25) is 0 Å². The van der Waals surface area contributed by atoms with Gasteiger partial charge in [0.25, 0.3) is 5.91 Å². The van der Waals surface area contributed by atoms with E-state index in [0.717, 1.165) is 17.7 Å². The van der Waals surface area contributed by atoms with E-state index in [4.69, 9.17) is 12.2 Å². The van der Waals surface area contributed by atoms with E-state index in [1.54, 1.807) is 11.0 Å². The van der Waals surface area contributed by atoms with Gasteiger partial charge in [-0.2, -0.15) is 0 Å². The minimum atomic E-state index is -0.419. The highest BCUT2D eigenvalue weighted by molar-refractivity contribution is 8.26. The van der Waals surface area contributed by atoms with E-state index in [1.165, 1.54) is 11.8 Å². The lowest BCUT2D eigenvalue weighted by Gasteiger charge is -2.12. The number of amides is 2. The molecule has 0 saturated carbocycles. The number of thiocarbonyl (C=S) groups is 1. The number of hydrogen-bond acceptors (Lipinski definition) is 4. The Balaban J connectivity index is 1.91. The van der Waals surface area contributed by atoms with Gasteiger partial charge in [0.2, 0.25) is 5.91 Å². The maximum Gasteiger partial charge on any atom is 0.265 e. The molecule has 2 heterocycles. The summed E-state index contributed by atoms with van der Waals surface area (Å²) in [6.07, 6.45) is 2.59. The number of benzene rings is 1. The van der Waals surface area contributed by atoms with Crippen molar-refractivity contribution in [2.75, 3.05) is 11.9 Å². The predicted octanol–water partition coefficient (Wildman–Crippen LogP) is 2.88. The molecular weight excluding hydrogens is 304 g/mol. The highest BCUT2D eigenvalue weighted by atomic mass is 32.2. The number of hydrogen-bond donors (Lipinski definition) is 1. The van der Waals surface area contributed by atoms with Gasteiger partial charge in [-0.25, -0.2) is 0 Å². The number of nitrogens with one attached hydrogen (secondary N) is 1. The zero-order valence-corrected chi connectivity index (χ0v) is 13.1. The fraction of sp³-hybridized carbons (Fsp3) is 0.267. The minimum Gasteiger partial charge on any atom is -0.325 e. The van der Waals surface area contributed by atoms with Crippen molar-refractivity contribution in [1.29, 1.82) is 0 Å². The third-order valence-electron chi connectivity index (χ3n) is 3.48. The van der Waals surface area contributed by atoms with Gasteiger partial charge in [-0.1, -0.05) is 49.1 Å². The first kappa shape index (κ1) is 14.3. The molecule has 1 aromatic carbocycles. The third kappa shape index (κ3) is 2.49. The van der Waals surface area contributed by atoms with Crippen LogP contribution in [-0.2, 0) is 9.59 Å². The Morgan fingerprint density at radius 2 is 2.14 bits per heavy atom. The number of para-hydroxylation sites is 1. The second-order valence-corrected chi connectivity index (χ2v) is 6.59. The Labute approximate surface area is 132 Å².